The van der Waals surface area contributed by atoms with Crippen molar-refractivity contribution >= 4 is 33.0 Å². The first kappa shape index (κ1) is 21.8. The molecular weight excluding hydrogens is 424 g/mol. The normalized spacial score (nSPS) is 12.2. The summed E-state index contributed by atoms with van der Waals surface area (Å²) in [5.41, 5.74) is 1.24. The third kappa shape index (κ3) is 5.38. The standard InChI is InChI=1S/C21H22N2O5S2/c1-27-16-10-11-17(19(14-16)28-2)22-21(24)18(13-15-7-4-3-5-8-15)23-30(25,26)20-9-6-12-29-20/h3-12,14,18,23H,13H2,1-2H3,(H,22,24)/t18-/m1/s1. The Morgan fingerprint density at radius 2 is 1.80 bits per heavy atom. The van der Waals surface area contributed by atoms with Crippen molar-refractivity contribution < 1.29 is 22.7 Å². The van der Waals surface area contributed by atoms with Crippen molar-refractivity contribution in [2.45, 2.75) is 16.7 Å². The average Bonchev–Trinajstić information content (AvgIpc) is 3.30. The van der Waals surface area contributed by atoms with E-state index in [4.69, 9.17) is 9.47 Å². The second-order valence-corrected chi connectivity index (χ2v) is 9.24. The molecule has 0 aliphatic rings. The maximum absolute atomic E-state index is 13.1. The summed E-state index contributed by atoms with van der Waals surface area (Å²) in [7, 11) is -0.836. The van der Waals surface area contributed by atoms with Gasteiger partial charge in [0.15, 0.2) is 0 Å². The minimum Gasteiger partial charge on any atom is -0.497 e. The Morgan fingerprint density at radius 1 is 1.03 bits per heavy atom. The second-order valence-electron chi connectivity index (χ2n) is 6.35. The molecule has 9 heteroatoms. The largest absolute Gasteiger partial charge is 0.497 e. The third-order valence-corrected chi connectivity index (χ3v) is 7.19. The smallest absolute Gasteiger partial charge is 0.250 e. The molecule has 0 aliphatic heterocycles. The van der Waals surface area contributed by atoms with Crippen LogP contribution in [0.3, 0.4) is 0 Å². The first-order chi connectivity index (χ1) is 14.4. The van der Waals surface area contributed by atoms with E-state index in [2.05, 4.69) is 10.0 Å². The second kappa shape index (κ2) is 9.75. The van der Waals surface area contributed by atoms with Crippen molar-refractivity contribution in [1.29, 1.82) is 0 Å². The van der Waals surface area contributed by atoms with Crippen molar-refractivity contribution in [2.75, 3.05) is 19.5 Å². The predicted molar refractivity (Wildman–Crippen MR) is 117 cm³/mol. The number of amides is 1. The zero-order valence-corrected chi connectivity index (χ0v) is 18.1. The van der Waals surface area contributed by atoms with Crippen LogP contribution in [0, 0.1) is 0 Å². The fourth-order valence-corrected chi connectivity index (χ4v) is 5.03. The molecular formula is C21H22N2O5S2. The SMILES string of the molecule is COc1ccc(NC(=O)[C@@H](Cc2ccccc2)NS(=O)(=O)c2cccs2)c(OC)c1. The monoisotopic (exact) mass is 446 g/mol. The lowest BCUT2D eigenvalue weighted by molar-refractivity contribution is -0.117. The first-order valence-corrected chi connectivity index (χ1v) is 11.4. The van der Waals surface area contributed by atoms with E-state index in [0.29, 0.717) is 17.2 Å². The molecule has 2 aromatic carbocycles. The van der Waals surface area contributed by atoms with Crippen LogP contribution in [0.5, 0.6) is 11.5 Å². The van der Waals surface area contributed by atoms with Crippen LogP contribution in [-0.4, -0.2) is 34.6 Å². The molecule has 1 heterocycles. The van der Waals surface area contributed by atoms with Gasteiger partial charge < -0.3 is 14.8 Å². The van der Waals surface area contributed by atoms with E-state index in [9.17, 15) is 13.2 Å². The first-order valence-electron chi connectivity index (χ1n) is 9.05. The number of nitrogens with one attached hydrogen (secondary N) is 2. The Hall–Kier alpha value is -2.88. The summed E-state index contributed by atoms with van der Waals surface area (Å²) in [5, 5.41) is 4.43. The maximum atomic E-state index is 13.1. The van der Waals surface area contributed by atoms with Crippen LogP contribution in [0.15, 0.2) is 70.3 Å². The van der Waals surface area contributed by atoms with Crippen molar-refractivity contribution in [2.24, 2.45) is 0 Å². The Kier molecular flexibility index (Phi) is 7.09. The fraction of sp³-hybridized carbons (Fsp3) is 0.190. The number of ether oxygens (including phenoxy) is 2. The van der Waals surface area contributed by atoms with Crippen LogP contribution >= 0.6 is 11.3 Å². The van der Waals surface area contributed by atoms with Gasteiger partial charge in [-0.1, -0.05) is 36.4 Å². The molecule has 0 unspecified atom stereocenters. The molecule has 0 aliphatic carbocycles. The van der Waals surface area contributed by atoms with Gasteiger partial charge in [0.1, 0.15) is 21.8 Å². The Bertz CT molecular complexity index is 1080. The number of carbonyl (C=O) groups is 1. The quantitative estimate of drug-likeness (QED) is 0.526. The molecule has 1 amide bonds. The minimum atomic E-state index is -3.84. The van der Waals surface area contributed by atoms with Crippen LogP contribution in [0.2, 0.25) is 0 Å². The van der Waals surface area contributed by atoms with Crippen molar-refractivity contribution in [3.63, 3.8) is 0 Å². The highest BCUT2D eigenvalue weighted by molar-refractivity contribution is 7.91. The summed E-state index contributed by atoms with van der Waals surface area (Å²) < 4.78 is 38.6. The van der Waals surface area contributed by atoms with Crippen molar-refractivity contribution in [3.05, 3.63) is 71.6 Å². The van der Waals surface area contributed by atoms with Gasteiger partial charge in [0.2, 0.25) is 5.91 Å². The summed E-state index contributed by atoms with van der Waals surface area (Å²) >= 11 is 1.09. The Morgan fingerprint density at radius 3 is 2.43 bits per heavy atom. The summed E-state index contributed by atoms with van der Waals surface area (Å²) in [5.74, 6) is 0.480. The number of carbonyl (C=O) groups excluding carboxylic acids is 1. The minimum absolute atomic E-state index is 0.149. The lowest BCUT2D eigenvalue weighted by atomic mass is 10.1. The van der Waals surface area contributed by atoms with Gasteiger partial charge in [0, 0.05) is 6.07 Å². The maximum Gasteiger partial charge on any atom is 0.250 e. The number of thiophene rings is 1. The molecule has 7 nitrogen and oxygen atoms in total. The molecule has 30 heavy (non-hydrogen) atoms. The van der Waals surface area contributed by atoms with Crippen LogP contribution in [0.1, 0.15) is 5.56 Å². The molecule has 0 saturated carbocycles. The van der Waals surface area contributed by atoms with Gasteiger partial charge in [0.05, 0.1) is 19.9 Å². The van der Waals surface area contributed by atoms with E-state index in [1.54, 1.807) is 29.6 Å². The molecule has 158 valence electrons. The van der Waals surface area contributed by atoms with Gasteiger partial charge in [-0.3, -0.25) is 4.79 Å². The Labute approximate surface area is 179 Å². The number of methoxy groups -OCH3 is 2. The molecule has 3 aromatic rings. The van der Waals surface area contributed by atoms with Gasteiger partial charge >= 0.3 is 0 Å². The highest BCUT2D eigenvalue weighted by Crippen LogP contribution is 2.29. The van der Waals surface area contributed by atoms with Gasteiger partial charge in [-0.05, 0) is 35.6 Å². The van der Waals surface area contributed by atoms with E-state index in [-0.39, 0.29) is 10.6 Å². The summed E-state index contributed by atoms with van der Waals surface area (Å²) in [6.45, 7) is 0. The number of hydrogen-bond acceptors (Lipinski definition) is 6. The van der Waals surface area contributed by atoms with E-state index >= 15 is 0 Å². The molecule has 1 aromatic heterocycles. The summed E-state index contributed by atoms with van der Waals surface area (Å²) in [6.07, 6.45) is 0.190. The molecule has 2 N–H and O–H groups in total. The number of rotatable bonds is 9. The zero-order valence-electron chi connectivity index (χ0n) is 16.5. The van der Waals surface area contributed by atoms with E-state index in [0.717, 1.165) is 16.9 Å². The zero-order chi connectivity index (χ0) is 21.6. The number of sulfonamides is 1. The van der Waals surface area contributed by atoms with Crippen LogP contribution in [0.4, 0.5) is 5.69 Å². The fourth-order valence-electron chi connectivity index (χ4n) is 2.82. The molecule has 0 fully saturated rings. The molecule has 0 bridgehead atoms. The van der Waals surface area contributed by atoms with E-state index in [1.807, 2.05) is 30.3 Å². The van der Waals surface area contributed by atoms with Crippen LogP contribution in [0.25, 0.3) is 0 Å². The molecule has 0 saturated heterocycles. The summed E-state index contributed by atoms with van der Waals surface area (Å²) in [6, 6.07) is 16.3. The van der Waals surface area contributed by atoms with Gasteiger partial charge in [-0.15, -0.1) is 11.3 Å². The molecule has 3 rings (SSSR count). The van der Waals surface area contributed by atoms with Crippen LogP contribution < -0.4 is 19.5 Å². The average molecular weight is 447 g/mol. The molecule has 1 atom stereocenters. The highest BCUT2D eigenvalue weighted by Gasteiger charge is 2.27. The van der Waals surface area contributed by atoms with Gasteiger partial charge in [0.25, 0.3) is 10.0 Å². The van der Waals surface area contributed by atoms with E-state index < -0.39 is 22.0 Å². The predicted octanol–water partition coefficient (Wildman–Crippen LogP) is 3.29. The van der Waals surface area contributed by atoms with Gasteiger partial charge in [-0.2, -0.15) is 4.72 Å². The van der Waals surface area contributed by atoms with E-state index in [1.165, 1.54) is 20.3 Å². The topological polar surface area (TPSA) is 93.7 Å². The summed E-state index contributed by atoms with van der Waals surface area (Å²) in [4.78, 5) is 13.1. The molecule has 0 spiro atoms. The number of benzene rings is 2. The van der Waals surface area contributed by atoms with Crippen molar-refractivity contribution in [3.8, 4) is 11.5 Å². The van der Waals surface area contributed by atoms with Gasteiger partial charge in [-0.25, -0.2) is 8.42 Å². The number of hydrogen-bond donors (Lipinski definition) is 2. The molecule has 0 radical (unpaired) electrons. The Balaban J connectivity index is 1.86. The third-order valence-electron chi connectivity index (χ3n) is 4.32. The highest BCUT2D eigenvalue weighted by atomic mass is 32.2. The number of anilines is 1. The van der Waals surface area contributed by atoms with Crippen molar-refractivity contribution in [1.82, 2.24) is 4.72 Å². The lowest BCUT2D eigenvalue weighted by Crippen LogP contribution is -2.45. The lowest BCUT2D eigenvalue weighted by Gasteiger charge is -2.19. The van der Waals surface area contributed by atoms with Crippen LogP contribution in [-0.2, 0) is 21.2 Å².